The zero-order chi connectivity index (χ0) is 8.27. The molecular weight excluding hydrogens is 138 g/mol. The van der Waals surface area contributed by atoms with Gasteiger partial charge in [0.1, 0.15) is 5.82 Å². The van der Waals surface area contributed by atoms with Gasteiger partial charge in [-0.1, -0.05) is 13.3 Å². The molecule has 62 valence electrons. The number of nitrogen functional groups attached to an aromatic ring is 1. The predicted octanol–water partition coefficient (Wildman–Crippen LogP) is 1.83. The standard InChI is InChI=1S/C8H15N3/c1-3-4-7(2)11-8(9)5-6-10-11/h5-7H,3-4,9H2,1-2H3. The lowest BCUT2D eigenvalue weighted by molar-refractivity contribution is 0.461. The van der Waals surface area contributed by atoms with Crippen molar-refractivity contribution in [2.24, 2.45) is 0 Å². The highest BCUT2D eigenvalue weighted by molar-refractivity contribution is 5.26. The number of nitrogens with two attached hydrogens (primary N) is 1. The number of aromatic nitrogens is 2. The second kappa shape index (κ2) is 3.42. The van der Waals surface area contributed by atoms with Crippen LogP contribution in [-0.4, -0.2) is 9.78 Å². The molecule has 0 saturated carbocycles. The van der Waals surface area contributed by atoms with Crippen LogP contribution < -0.4 is 5.73 Å². The molecule has 0 radical (unpaired) electrons. The highest BCUT2D eigenvalue weighted by atomic mass is 15.3. The summed E-state index contributed by atoms with van der Waals surface area (Å²) in [4.78, 5) is 0. The number of nitrogens with zero attached hydrogens (tertiary/aromatic N) is 2. The minimum Gasteiger partial charge on any atom is -0.384 e. The molecule has 0 bridgehead atoms. The molecular formula is C8H15N3. The summed E-state index contributed by atoms with van der Waals surface area (Å²) in [7, 11) is 0. The van der Waals surface area contributed by atoms with Crippen molar-refractivity contribution in [3.05, 3.63) is 12.3 Å². The Kier molecular flexibility index (Phi) is 2.52. The van der Waals surface area contributed by atoms with Crippen molar-refractivity contribution in [2.45, 2.75) is 32.7 Å². The maximum atomic E-state index is 5.67. The van der Waals surface area contributed by atoms with Gasteiger partial charge >= 0.3 is 0 Å². The van der Waals surface area contributed by atoms with Crippen molar-refractivity contribution < 1.29 is 0 Å². The Labute approximate surface area is 67.2 Å². The first-order valence-corrected chi connectivity index (χ1v) is 4.04. The summed E-state index contributed by atoms with van der Waals surface area (Å²) in [5, 5.41) is 4.13. The van der Waals surface area contributed by atoms with E-state index >= 15 is 0 Å². The Morgan fingerprint density at radius 3 is 2.91 bits per heavy atom. The SMILES string of the molecule is CCCC(C)n1nccc1N. The smallest absolute Gasteiger partial charge is 0.121 e. The third-order valence-corrected chi connectivity index (χ3v) is 1.82. The molecule has 1 aromatic rings. The molecule has 3 heteroatoms. The van der Waals surface area contributed by atoms with E-state index in [1.165, 1.54) is 6.42 Å². The van der Waals surface area contributed by atoms with E-state index in [-0.39, 0.29) is 0 Å². The molecule has 2 N–H and O–H groups in total. The second-order valence-electron chi connectivity index (χ2n) is 2.84. The molecule has 3 nitrogen and oxygen atoms in total. The van der Waals surface area contributed by atoms with Crippen LogP contribution in [0, 0.1) is 0 Å². The van der Waals surface area contributed by atoms with Crippen LogP contribution in [0.4, 0.5) is 5.82 Å². The van der Waals surface area contributed by atoms with Gasteiger partial charge in [0.05, 0.1) is 12.2 Å². The Balaban J connectivity index is 2.67. The zero-order valence-electron chi connectivity index (χ0n) is 7.12. The van der Waals surface area contributed by atoms with Crippen LogP contribution in [-0.2, 0) is 0 Å². The van der Waals surface area contributed by atoms with Crippen LogP contribution >= 0.6 is 0 Å². The van der Waals surface area contributed by atoms with Crippen molar-refractivity contribution in [3.8, 4) is 0 Å². The zero-order valence-corrected chi connectivity index (χ0v) is 7.12. The van der Waals surface area contributed by atoms with Gasteiger partial charge in [-0.25, -0.2) is 4.68 Å². The van der Waals surface area contributed by atoms with Gasteiger partial charge < -0.3 is 5.73 Å². The van der Waals surface area contributed by atoms with Crippen LogP contribution in [0.3, 0.4) is 0 Å². The number of rotatable bonds is 3. The monoisotopic (exact) mass is 153 g/mol. The second-order valence-corrected chi connectivity index (χ2v) is 2.84. The van der Waals surface area contributed by atoms with E-state index in [2.05, 4.69) is 18.9 Å². The molecule has 1 rings (SSSR count). The molecule has 0 aliphatic rings. The quantitative estimate of drug-likeness (QED) is 0.719. The average molecular weight is 153 g/mol. The van der Waals surface area contributed by atoms with Gasteiger partial charge in [-0.05, 0) is 19.4 Å². The van der Waals surface area contributed by atoms with Crippen molar-refractivity contribution in [1.82, 2.24) is 9.78 Å². The normalized spacial score (nSPS) is 13.3. The Bertz CT molecular complexity index is 217. The first kappa shape index (κ1) is 8.11. The molecule has 11 heavy (non-hydrogen) atoms. The third-order valence-electron chi connectivity index (χ3n) is 1.82. The Morgan fingerprint density at radius 2 is 2.45 bits per heavy atom. The van der Waals surface area contributed by atoms with Gasteiger partial charge in [0.15, 0.2) is 0 Å². The van der Waals surface area contributed by atoms with E-state index in [4.69, 9.17) is 5.73 Å². The van der Waals surface area contributed by atoms with Crippen molar-refractivity contribution in [1.29, 1.82) is 0 Å². The van der Waals surface area contributed by atoms with E-state index in [1.54, 1.807) is 6.20 Å². The summed E-state index contributed by atoms with van der Waals surface area (Å²) in [5.41, 5.74) is 5.67. The van der Waals surface area contributed by atoms with Gasteiger partial charge in [-0.3, -0.25) is 0 Å². The van der Waals surface area contributed by atoms with E-state index < -0.39 is 0 Å². The molecule has 0 aromatic carbocycles. The summed E-state index contributed by atoms with van der Waals surface area (Å²) in [6.07, 6.45) is 4.04. The minimum atomic E-state index is 0.426. The third kappa shape index (κ3) is 1.73. The molecule has 1 aromatic heterocycles. The van der Waals surface area contributed by atoms with Gasteiger partial charge in [0, 0.05) is 0 Å². The van der Waals surface area contributed by atoms with Gasteiger partial charge in [-0.15, -0.1) is 0 Å². The lowest BCUT2D eigenvalue weighted by atomic mass is 10.2. The van der Waals surface area contributed by atoms with Crippen molar-refractivity contribution >= 4 is 5.82 Å². The topological polar surface area (TPSA) is 43.8 Å². The maximum Gasteiger partial charge on any atom is 0.121 e. The Hall–Kier alpha value is -0.990. The van der Waals surface area contributed by atoms with Gasteiger partial charge in [0.2, 0.25) is 0 Å². The molecule has 1 unspecified atom stereocenters. The first-order valence-electron chi connectivity index (χ1n) is 4.04. The largest absolute Gasteiger partial charge is 0.384 e. The molecule has 0 aliphatic carbocycles. The summed E-state index contributed by atoms with van der Waals surface area (Å²) in [6.45, 7) is 4.29. The highest BCUT2D eigenvalue weighted by Crippen LogP contribution is 2.14. The molecule has 1 heterocycles. The molecule has 0 saturated heterocycles. The minimum absolute atomic E-state index is 0.426. The number of anilines is 1. The fourth-order valence-corrected chi connectivity index (χ4v) is 1.23. The lowest BCUT2D eigenvalue weighted by Crippen LogP contribution is -2.09. The van der Waals surface area contributed by atoms with E-state index in [0.717, 1.165) is 12.2 Å². The van der Waals surface area contributed by atoms with E-state index in [0.29, 0.717) is 6.04 Å². The fraction of sp³-hybridized carbons (Fsp3) is 0.625. The van der Waals surface area contributed by atoms with Crippen LogP contribution in [0.2, 0.25) is 0 Å². The van der Waals surface area contributed by atoms with Gasteiger partial charge in [-0.2, -0.15) is 5.10 Å². The first-order chi connectivity index (χ1) is 5.25. The van der Waals surface area contributed by atoms with Crippen LogP contribution in [0.15, 0.2) is 12.3 Å². The molecule has 1 atom stereocenters. The maximum absolute atomic E-state index is 5.67. The highest BCUT2D eigenvalue weighted by Gasteiger charge is 2.05. The molecule has 0 spiro atoms. The van der Waals surface area contributed by atoms with E-state index in [1.807, 2.05) is 10.7 Å². The number of hydrogen-bond donors (Lipinski definition) is 1. The van der Waals surface area contributed by atoms with Crippen molar-refractivity contribution in [2.75, 3.05) is 5.73 Å². The van der Waals surface area contributed by atoms with Crippen LogP contribution in [0.5, 0.6) is 0 Å². The predicted molar refractivity (Wildman–Crippen MR) is 46.3 cm³/mol. The summed E-state index contributed by atoms with van der Waals surface area (Å²) < 4.78 is 1.86. The van der Waals surface area contributed by atoms with Gasteiger partial charge in [0.25, 0.3) is 0 Å². The van der Waals surface area contributed by atoms with Crippen LogP contribution in [0.25, 0.3) is 0 Å². The Morgan fingerprint density at radius 1 is 1.73 bits per heavy atom. The summed E-state index contributed by atoms with van der Waals surface area (Å²) in [6, 6.07) is 2.25. The molecule has 0 fully saturated rings. The van der Waals surface area contributed by atoms with Crippen LogP contribution in [0.1, 0.15) is 32.7 Å². The summed E-state index contributed by atoms with van der Waals surface area (Å²) >= 11 is 0. The molecule has 0 aliphatic heterocycles. The fourth-order valence-electron chi connectivity index (χ4n) is 1.23. The average Bonchev–Trinajstić information content (AvgIpc) is 2.36. The summed E-state index contributed by atoms with van der Waals surface area (Å²) in [5.74, 6) is 0.756. The molecule has 0 amide bonds. The number of hydrogen-bond acceptors (Lipinski definition) is 2. The van der Waals surface area contributed by atoms with Crippen molar-refractivity contribution in [3.63, 3.8) is 0 Å². The van der Waals surface area contributed by atoms with E-state index in [9.17, 15) is 0 Å². The lowest BCUT2D eigenvalue weighted by Gasteiger charge is -2.11.